The molecule has 0 aromatic heterocycles. The molecule has 0 saturated carbocycles. The maximum atomic E-state index is 13.5. The zero-order chi connectivity index (χ0) is 29.5. The Labute approximate surface area is 227 Å². The van der Waals surface area contributed by atoms with Crippen LogP contribution in [-0.2, 0) is 12.7 Å². The Morgan fingerprint density at radius 2 is 1.64 bits per heavy atom. The third-order valence-corrected chi connectivity index (χ3v) is 6.32. The average Bonchev–Trinajstić information content (AvgIpc) is 2.88. The Morgan fingerprint density at radius 3 is 2.10 bits per heavy atom. The molecule has 39 heavy (non-hydrogen) atoms. The van der Waals surface area contributed by atoms with E-state index in [4.69, 9.17) is 17.0 Å². The molecule has 0 fully saturated rings. The summed E-state index contributed by atoms with van der Waals surface area (Å²) in [6.45, 7) is 2.97. The van der Waals surface area contributed by atoms with Gasteiger partial charge in [-0.25, -0.2) is 0 Å². The Bertz CT molecular complexity index is 1210. The van der Waals surface area contributed by atoms with Gasteiger partial charge in [-0.2, -0.15) is 26.3 Å². The number of rotatable bonds is 10. The van der Waals surface area contributed by atoms with Gasteiger partial charge in [-0.05, 0) is 62.0 Å². The number of halogens is 7. The second-order valence-electron chi connectivity index (χ2n) is 8.74. The normalized spacial score (nSPS) is 14.6. The molecule has 0 radical (unpaired) electrons. The molecular formula is C27H28ClF6N3O2. The van der Waals surface area contributed by atoms with Crippen molar-refractivity contribution in [1.29, 1.82) is 5.41 Å². The van der Waals surface area contributed by atoms with Crippen LogP contribution in [0.3, 0.4) is 0 Å². The van der Waals surface area contributed by atoms with Crippen molar-refractivity contribution in [3.05, 3.63) is 93.9 Å². The molecule has 0 aliphatic carbocycles. The van der Waals surface area contributed by atoms with Crippen LogP contribution >= 0.6 is 11.6 Å². The van der Waals surface area contributed by atoms with Crippen molar-refractivity contribution < 1.29 is 36.2 Å². The molecule has 0 heterocycles. The lowest BCUT2D eigenvalue weighted by atomic mass is 9.94. The Morgan fingerprint density at radius 1 is 1.08 bits per heavy atom. The lowest BCUT2D eigenvalue weighted by Gasteiger charge is -2.27. The molecule has 12 heteroatoms. The molecule has 0 spiro atoms. The summed E-state index contributed by atoms with van der Waals surface area (Å²) in [5.41, 5.74) is -1.67. The van der Waals surface area contributed by atoms with E-state index < -0.39 is 47.9 Å². The minimum Gasteiger partial charge on any atom is -0.512 e. The monoisotopic (exact) mass is 575 g/mol. The number of aliphatic hydroxyl groups is 1. The zero-order valence-corrected chi connectivity index (χ0v) is 22.0. The van der Waals surface area contributed by atoms with Gasteiger partial charge in [0.15, 0.2) is 0 Å². The highest BCUT2D eigenvalue weighted by Crippen LogP contribution is 2.30. The van der Waals surface area contributed by atoms with Crippen molar-refractivity contribution in [2.75, 3.05) is 7.05 Å². The number of aliphatic hydroxyl groups excluding tert-OH is 1. The quantitative estimate of drug-likeness (QED) is 0.119. The molecule has 0 bridgehead atoms. The topological polar surface area (TPSA) is 76.4 Å². The van der Waals surface area contributed by atoms with Gasteiger partial charge in [0, 0.05) is 34.7 Å². The van der Waals surface area contributed by atoms with Crippen LogP contribution in [-0.4, -0.2) is 40.9 Å². The van der Waals surface area contributed by atoms with Crippen LogP contribution in [0.5, 0.6) is 0 Å². The Balaban J connectivity index is 2.44. The molecule has 2 aromatic rings. The maximum absolute atomic E-state index is 13.5. The molecule has 2 unspecified atom stereocenters. The number of carbonyl (C=O) groups excluding carboxylic acids is 1. The molecule has 2 atom stereocenters. The molecule has 0 aliphatic rings. The third-order valence-electron chi connectivity index (χ3n) is 6.07. The predicted molar refractivity (Wildman–Crippen MR) is 138 cm³/mol. The third kappa shape index (κ3) is 8.86. The molecule has 1 amide bonds. The van der Waals surface area contributed by atoms with Crippen LogP contribution in [0.25, 0.3) is 0 Å². The molecule has 2 rings (SSSR count). The summed E-state index contributed by atoms with van der Waals surface area (Å²) in [5.74, 6) is -1.93. The van der Waals surface area contributed by atoms with Crippen molar-refractivity contribution in [2.24, 2.45) is 5.92 Å². The molecule has 5 nitrogen and oxygen atoms in total. The van der Waals surface area contributed by atoms with E-state index >= 15 is 0 Å². The predicted octanol–water partition coefficient (Wildman–Crippen LogP) is 7.54. The fraction of sp³-hybridized carbons (Fsp3) is 0.333. The average molecular weight is 576 g/mol. The van der Waals surface area contributed by atoms with Gasteiger partial charge in [0.25, 0.3) is 5.91 Å². The number of amides is 1. The smallest absolute Gasteiger partial charge is 0.428 e. The fourth-order valence-corrected chi connectivity index (χ4v) is 3.81. The van der Waals surface area contributed by atoms with Crippen LogP contribution in [0.2, 0.25) is 5.02 Å². The number of allylic oxidation sites excluding steroid dienone is 2. The van der Waals surface area contributed by atoms with Gasteiger partial charge < -0.3 is 20.7 Å². The van der Waals surface area contributed by atoms with E-state index in [2.05, 4.69) is 5.32 Å². The summed E-state index contributed by atoms with van der Waals surface area (Å²) in [7, 11) is 1.40. The summed E-state index contributed by atoms with van der Waals surface area (Å²) in [6.07, 6.45) is -7.41. The summed E-state index contributed by atoms with van der Waals surface area (Å²) in [5, 5.41) is 21.2. The highest BCUT2D eigenvalue weighted by Gasteiger charge is 2.37. The first-order chi connectivity index (χ1) is 18.1. The number of benzene rings is 2. The summed E-state index contributed by atoms with van der Waals surface area (Å²) in [4.78, 5) is 14.7. The van der Waals surface area contributed by atoms with Gasteiger partial charge in [0.1, 0.15) is 5.71 Å². The second kappa shape index (κ2) is 13.2. The van der Waals surface area contributed by atoms with E-state index in [1.54, 1.807) is 31.2 Å². The van der Waals surface area contributed by atoms with E-state index in [1.807, 2.05) is 0 Å². The van der Waals surface area contributed by atoms with E-state index in [1.165, 1.54) is 31.0 Å². The highest BCUT2D eigenvalue weighted by molar-refractivity contribution is 6.30. The first-order valence-electron chi connectivity index (χ1n) is 11.7. The minimum absolute atomic E-state index is 0.0519. The van der Waals surface area contributed by atoms with Gasteiger partial charge in [0.2, 0.25) is 0 Å². The standard InChI is InChI=1S/C27H28ClF6N3O2/c1-4-21(13-23(38)16(2)22(36-3)14-24(35)27(32,33)34)37(15-17-5-11-20(28)12-6-17)25(39)18-7-9-19(10-8-18)26(29,30)31/h4-13,16,22,35-36,38H,14-15H2,1-3H3/b21-4+,23-13+,35-24?. The van der Waals surface area contributed by atoms with Crippen molar-refractivity contribution in [3.8, 4) is 0 Å². The van der Waals surface area contributed by atoms with Gasteiger partial charge in [-0.1, -0.05) is 36.7 Å². The minimum atomic E-state index is -4.81. The first kappa shape index (κ1) is 31.9. The van der Waals surface area contributed by atoms with Crippen LogP contribution in [0, 0.1) is 11.3 Å². The SMILES string of the molecule is C/C=C(\C=C(\O)C(C)C(CC(=N)C(F)(F)F)NC)N(Cc1ccc(Cl)cc1)C(=O)c1ccc(C(F)(F)F)cc1. The van der Waals surface area contributed by atoms with E-state index in [0.717, 1.165) is 24.3 Å². The lowest BCUT2D eigenvalue weighted by molar-refractivity contribution is -0.137. The number of nitrogens with zero attached hydrogens (tertiary/aromatic N) is 1. The molecule has 0 aliphatic heterocycles. The molecule has 0 saturated heterocycles. The molecular weight excluding hydrogens is 548 g/mol. The largest absolute Gasteiger partial charge is 0.512 e. The number of nitrogens with one attached hydrogen (secondary N) is 2. The highest BCUT2D eigenvalue weighted by atomic mass is 35.5. The van der Waals surface area contributed by atoms with Crippen LogP contribution in [0.4, 0.5) is 26.3 Å². The van der Waals surface area contributed by atoms with E-state index in [-0.39, 0.29) is 23.6 Å². The maximum Gasteiger partial charge on any atom is 0.428 e. The van der Waals surface area contributed by atoms with Crippen molar-refractivity contribution in [2.45, 2.75) is 45.2 Å². The Kier molecular flexibility index (Phi) is 10.8. The van der Waals surface area contributed by atoms with E-state index in [9.17, 15) is 36.2 Å². The molecule has 3 N–H and O–H groups in total. The summed E-state index contributed by atoms with van der Waals surface area (Å²) in [6, 6.07) is 9.17. The van der Waals surface area contributed by atoms with Crippen molar-refractivity contribution in [1.82, 2.24) is 10.2 Å². The van der Waals surface area contributed by atoms with Gasteiger partial charge in [-0.3, -0.25) is 4.79 Å². The van der Waals surface area contributed by atoms with Gasteiger partial charge >= 0.3 is 12.4 Å². The summed E-state index contributed by atoms with van der Waals surface area (Å²) < 4.78 is 77.7. The van der Waals surface area contributed by atoms with Crippen LogP contribution < -0.4 is 5.32 Å². The number of hydrogen-bond acceptors (Lipinski definition) is 4. The van der Waals surface area contributed by atoms with Crippen molar-refractivity contribution >= 4 is 23.2 Å². The van der Waals surface area contributed by atoms with E-state index in [0.29, 0.717) is 10.6 Å². The van der Waals surface area contributed by atoms with Gasteiger partial charge in [-0.15, -0.1) is 0 Å². The molecule has 212 valence electrons. The summed E-state index contributed by atoms with van der Waals surface area (Å²) >= 11 is 5.94. The number of alkyl halides is 6. The second-order valence-corrected chi connectivity index (χ2v) is 9.18. The fourth-order valence-electron chi connectivity index (χ4n) is 3.68. The lowest BCUT2D eigenvalue weighted by Crippen LogP contribution is -2.38. The van der Waals surface area contributed by atoms with Crippen LogP contribution in [0.1, 0.15) is 41.8 Å². The van der Waals surface area contributed by atoms with Gasteiger partial charge in [0.05, 0.1) is 17.9 Å². The Hall–Kier alpha value is -3.31. The van der Waals surface area contributed by atoms with Crippen molar-refractivity contribution in [3.63, 3.8) is 0 Å². The first-order valence-corrected chi connectivity index (χ1v) is 12.1. The van der Waals surface area contributed by atoms with Crippen LogP contribution in [0.15, 0.2) is 72.1 Å². The molecule has 2 aromatic carbocycles. The zero-order valence-electron chi connectivity index (χ0n) is 21.3. The number of carbonyl (C=O) groups is 1. The number of hydrogen-bond donors (Lipinski definition) is 3.